The van der Waals surface area contributed by atoms with Crippen molar-refractivity contribution in [2.24, 2.45) is 0 Å². The van der Waals surface area contributed by atoms with Crippen molar-refractivity contribution in [3.63, 3.8) is 0 Å². The number of aliphatic hydroxyl groups is 1. The average Bonchev–Trinajstić information content (AvgIpc) is 2.44. The van der Waals surface area contributed by atoms with Gasteiger partial charge in [0, 0.05) is 16.3 Å². The first-order valence-corrected chi connectivity index (χ1v) is 7.60. The third-order valence-electron chi connectivity index (χ3n) is 3.47. The molecule has 0 radical (unpaired) electrons. The number of aryl methyl sites for hydroxylation is 2. The summed E-state index contributed by atoms with van der Waals surface area (Å²) in [6.07, 6.45) is 0.348. The quantitative estimate of drug-likeness (QED) is 0.864. The van der Waals surface area contributed by atoms with Crippen molar-refractivity contribution in [1.29, 1.82) is 0 Å². The number of nitrogens with zero attached hydrogens (tertiary/aromatic N) is 2. The fraction of sp³-hybridized carbons (Fsp3) is 0.375. The van der Waals surface area contributed by atoms with E-state index in [9.17, 15) is 5.11 Å². The number of rotatable bonds is 4. The fourth-order valence-corrected chi connectivity index (χ4v) is 2.73. The van der Waals surface area contributed by atoms with Crippen LogP contribution in [0.1, 0.15) is 42.0 Å². The Morgan fingerprint density at radius 1 is 1.05 bits per heavy atom. The molecule has 1 heterocycles. The summed E-state index contributed by atoms with van der Waals surface area (Å²) in [6, 6.07) is 7.94. The molecule has 0 amide bonds. The van der Waals surface area contributed by atoms with Crippen LogP contribution in [0.25, 0.3) is 0 Å². The lowest BCUT2D eigenvalue weighted by atomic mass is 10.1. The summed E-state index contributed by atoms with van der Waals surface area (Å²) >= 11 is 1.55. The van der Waals surface area contributed by atoms with Crippen LogP contribution in [0, 0.1) is 20.8 Å². The number of aliphatic hydroxyl groups excluding tert-OH is 1. The van der Waals surface area contributed by atoms with Crippen LogP contribution < -0.4 is 0 Å². The smallest absolute Gasteiger partial charge is 0.192 e. The molecule has 4 heteroatoms. The van der Waals surface area contributed by atoms with Gasteiger partial charge in [0.1, 0.15) is 0 Å². The Hall–Kier alpha value is -1.39. The third kappa shape index (κ3) is 3.38. The zero-order valence-electron chi connectivity index (χ0n) is 12.3. The molecular weight excluding hydrogens is 268 g/mol. The molecule has 0 aliphatic rings. The molecule has 0 bridgehead atoms. The van der Waals surface area contributed by atoms with Gasteiger partial charge in [-0.15, -0.1) is 0 Å². The monoisotopic (exact) mass is 288 g/mol. The van der Waals surface area contributed by atoms with Gasteiger partial charge in [0.15, 0.2) is 5.16 Å². The second-order valence-corrected chi connectivity index (χ2v) is 5.94. The summed E-state index contributed by atoms with van der Waals surface area (Å²) in [5.74, 6) is 0. The molecule has 1 aromatic carbocycles. The highest BCUT2D eigenvalue weighted by Gasteiger charge is 2.08. The lowest BCUT2D eigenvalue weighted by Crippen LogP contribution is -1.98. The fourth-order valence-electron chi connectivity index (χ4n) is 1.89. The minimum Gasteiger partial charge on any atom is -0.388 e. The Morgan fingerprint density at radius 3 is 2.10 bits per heavy atom. The molecule has 0 saturated carbocycles. The maximum atomic E-state index is 9.78. The van der Waals surface area contributed by atoms with Gasteiger partial charge in [-0.1, -0.05) is 19.1 Å². The van der Waals surface area contributed by atoms with Crippen molar-refractivity contribution in [2.75, 3.05) is 0 Å². The number of hydrogen-bond acceptors (Lipinski definition) is 4. The van der Waals surface area contributed by atoms with Gasteiger partial charge in [0.2, 0.25) is 0 Å². The van der Waals surface area contributed by atoms with Gasteiger partial charge in [-0.25, -0.2) is 9.97 Å². The highest BCUT2D eigenvalue weighted by Crippen LogP contribution is 2.27. The van der Waals surface area contributed by atoms with Crippen LogP contribution in [0.4, 0.5) is 0 Å². The van der Waals surface area contributed by atoms with Crippen molar-refractivity contribution < 1.29 is 5.11 Å². The minimum atomic E-state index is -0.380. The van der Waals surface area contributed by atoms with Gasteiger partial charge in [0.25, 0.3) is 0 Å². The van der Waals surface area contributed by atoms with Crippen LogP contribution in [-0.4, -0.2) is 15.1 Å². The van der Waals surface area contributed by atoms with Crippen molar-refractivity contribution in [1.82, 2.24) is 9.97 Å². The molecule has 0 spiro atoms. The first-order valence-electron chi connectivity index (χ1n) is 6.79. The zero-order valence-corrected chi connectivity index (χ0v) is 13.2. The molecule has 20 heavy (non-hydrogen) atoms. The molecule has 0 aliphatic carbocycles. The molecule has 0 aliphatic heterocycles. The molecule has 0 saturated heterocycles. The van der Waals surface area contributed by atoms with Crippen molar-refractivity contribution in [2.45, 2.75) is 50.3 Å². The second-order valence-electron chi connectivity index (χ2n) is 4.90. The largest absolute Gasteiger partial charge is 0.388 e. The van der Waals surface area contributed by atoms with Gasteiger partial charge < -0.3 is 5.11 Å². The predicted octanol–water partition coefficient (Wildman–Crippen LogP) is 4.00. The molecule has 1 atom stereocenters. The Morgan fingerprint density at radius 2 is 1.60 bits per heavy atom. The summed E-state index contributed by atoms with van der Waals surface area (Å²) in [5.41, 5.74) is 4.15. The predicted molar refractivity (Wildman–Crippen MR) is 82.1 cm³/mol. The van der Waals surface area contributed by atoms with Crippen LogP contribution in [0.5, 0.6) is 0 Å². The SMILES string of the molecule is CCC(O)c1ccc(Sc2nc(C)c(C)c(C)n2)cc1. The van der Waals surface area contributed by atoms with Crippen molar-refractivity contribution in [3.8, 4) is 0 Å². The van der Waals surface area contributed by atoms with Crippen LogP contribution >= 0.6 is 11.8 Å². The van der Waals surface area contributed by atoms with Gasteiger partial charge in [0.05, 0.1) is 6.10 Å². The third-order valence-corrected chi connectivity index (χ3v) is 4.35. The van der Waals surface area contributed by atoms with E-state index in [1.54, 1.807) is 11.8 Å². The van der Waals surface area contributed by atoms with Gasteiger partial charge in [-0.2, -0.15) is 0 Å². The average molecular weight is 288 g/mol. The molecule has 2 rings (SSSR count). The summed E-state index contributed by atoms with van der Waals surface area (Å²) < 4.78 is 0. The topological polar surface area (TPSA) is 46.0 Å². The van der Waals surface area contributed by atoms with Gasteiger partial charge in [-0.3, -0.25) is 0 Å². The van der Waals surface area contributed by atoms with Crippen LogP contribution in [0.15, 0.2) is 34.3 Å². The first-order chi connectivity index (χ1) is 9.51. The normalized spacial score (nSPS) is 12.4. The van der Waals surface area contributed by atoms with E-state index in [2.05, 4.69) is 9.97 Å². The Labute approximate surface area is 124 Å². The number of aromatic nitrogens is 2. The summed E-state index contributed by atoms with van der Waals surface area (Å²) in [7, 11) is 0. The van der Waals surface area contributed by atoms with Crippen molar-refractivity contribution in [3.05, 3.63) is 46.8 Å². The lowest BCUT2D eigenvalue weighted by Gasteiger charge is -2.09. The maximum Gasteiger partial charge on any atom is 0.192 e. The number of benzene rings is 1. The van der Waals surface area contributed by atoms with E-state index < -0.39 is 0 Å². The number of hydrogen-bond donors (Lipinski definition) is 1. The minimum absolute atomic E-state index is 0.380. The Kier molecular flexibility index (Phi) is 4.78. The van der Waals surface area contributed by atoms with Crippen LogP contribution in [0.3, 0.4) is 0 Å². The molecule has 106 valence electrons. The Balaban J connectivity index is 2.18. The zero-order chi connectivity index (χ0) is 14.7. The molecule has 1 N–H and O–H groups in total. The molecule has 2 aromatic rings. The second kappa shape index (κ2) is 6.37. The van der Waals surface area contributed by atoms with Crippen LogP contribution in [-0.2, 0) is 0 Å². The van der Waals surface area contributed by atoms with E-state index in [1.165, 1.54) is 0 Å². The highest BCUT2D eigenvalue weighted by atomic mass is 32.2. The standard InChI is InChI=1S/C16H20N2OS/c1-5-15(19)13-6-8-14(9-7-13)20-16-17-11(3)10(2)12(4)18-16/h6-9,15,19H,5H2,1-4H3. The van der Waals surface area contributed by atoms with Gasteiger partial charge >= 0.3 is 0 Å². The lowest BCUT2D eigenvalue weighted by molar-refractivity contribution is 0.173. The summed E-state index contributed by atoms with van der Waals surface area (Å²) in [5, 5.41) is 10.6. The molecule has 0 fully saturated rings. The molecule has 1 unspecified atom stereocenters. The maximum absolute atomic E-state index is 9.78. The van der Waals surface area contributed by atoms with Crippen LogP contribution in [0.2, 0.25) is 0 Å². The molecule has 1 aromatic heterocycles. The Bertz CT molecular complexity index is 573. The summed E-state index contributed by atoms with van der Waals surface area (Å²) in [6.45, 7) is 8.03. The van der Waals surface area contributed by atoms with E-state index >= 15 is 0 Å². The van der Waals surface area contributed by atoms with E-state index in [0.717, 1.165) is 39.0 Å². The van der Waals surface area contributed by atoms with Gasteiger partial charge in [-0.05, 0) is 62.2 Å². The molecular formula is C16H20N2OS. The first kappa shape index (κ1) is 15.0. The summed E-state index contributed by atoms with van der Waals surface area (Å²) in [4.78, 5) is 10.1. The molecule has 3 nitrogen and oxygen atoms in total. The van der Waals surface area contributed by atoms with E-state index in [1.807, 2.05) is 52.0 Å². The van der Waals surface area contributed by atoms with E-state index in [4.69, 9.17) is 0 Å². The van der Waals surface area contributed by atoms with E-state index in [0.29, 0.717) is 0 Å². The van der Waals surface area contributed by atoms with E-state index in [-0.39, 0.29) is 6.10 Å². The van der Waals surface area contributed by atoms with Crippen molar-refractivity contribution >= 4 is 11.8 Å². The highest BCUT2D eigenvalue weighted by molar-refractivity contribution is 7.99.